The fourth-order valence-corrected chi connectivity index (χ4v) is 4.14. The van der Waals surface area contributed by atoms with E-state index in [1.54, 1.807) is 4.90 Å². The van der Waals surface area contributed by atoms with Gasteiger partial charge in [-0.1, -0.05) is 6.92 Å². The van der Waals surface area contributed by atoms with Crippen LogP contribution in [0.15, 0.2) is 0 Å². The lowest BCUT2D eigenvalue weighted by atomic mass is 9.96. The summed E-state index contributed by atoms with van der Waals surface area (Å²) in [4.78, 5) is 13.9. The quantitative estimate of drug-likeness (QED) is 0.681. The van der Waals surface area contributed by atoms with Gasteiger partial charge in [-0.3, -0.25) is 4.79 Å². The van der Waals surface area contributed by atoms with E-state index in [4.69, 9.17) is 0 Å². The number of likely N-dealkylation sites (tertiary alicyclic amines) is 1. The molecule has 0 bridgehead atoms. The number of hydrogen-bond acceptors (Lipinski definition) is 5. The molecule has 2 N–H and O–H groups in total. The summed E-state index contributed by atoms with van der Waals surface area (Å²) in [5.74, 6) is 0.268. The van der Waals surface area contributed by atoms with E-state index in [0.717, 1.165) is 0 Å². The number of carbonyl (C=O) groups excluding carboxylic acids is 1. The largest absolute Gasteiger partial charge is 0.393 e. The second kappa shape index (κ2) is 5.76. The number of carbonyl (C=O) groups is 1. The third-order valence-electron chi connectivity index (χ3n) is 3.93. The van der Waals surface area contributed by atoms with Crippen molar-refractivity contribution in [1.29, 1.82) is 0 Å². The first-order valence-corrected chi connectivity index (χ1v) is 8.59. The van der Waals surface area contributed by atoms with Crippen LogP contribution in [0, 0.1) is 5.92 Å². The number of rotatable bonds is 2. The lowest BCUT2D eigenvalue weighted by molar-refractivity contribution is -0.135. The minimum absolute atomic E-state index is 0.0200. The van der Waals surface area contributed by atoms with Crippen molar-refractivity contribution >= 4 is 15.7 Å². The van der Waals surface area contributed by atoms with E-state index >= 15 is 0 Å². The van der Waals surface area contributed by atoms with Crippen molar-refractivity contribution in [1.82, 2.24) is 10.2 Å². The Morgan fingerprint density at radius 2 is 2.21 bits per heavy atom. The Kier molecular flexibility index (Phi) is 4.47. The molecule has 2 heterocycles. The molecule has 2 aliphatic rings. The van der Waals surface area contributed by atoms with Crippen LogP contribution in [0.3, 0.4) is 0 Å². The minimum Gasteiger partial charge on any atom is -0.393 e. The predicted molar refractivity (Wildman–Crippen MR) is 71.4 cm³/mol. The van der Waals surface area contributed by atoms with E-state index in [2.05, 4.69) is 5.32 Å². The van der Waals surface area contributed by atoms with Crippen molar-refractivity contribution in [3.8, 4) is 0 Å². The fourth-order valence-electron chi connectivity index (χ4n) is 2.70. The normalized spacial score (nSPS) is 35.1. The summed E-state index contributed by atoms with van der Waals surface area (Å²) >= 11 is 0. The first kappa shape index (κ1) is 14.7. The summed E-state index contributed by atoms with van der Waals surface area (Å²) in [7, 11) is -3.00. The monoisotopic (exact) mass is 290 g/mol. The summed E-state index contributed by atoms with van der Waals surface area (Å²) in [5.41, 5.74) is 0. The summed E-state index contributed by atoms with van der Waals surface area (Å²) in [6.45, 7) is 3.46. The number of hydrogen-bond donors (Lipinski definition) is 2. The molecule has 2 rings (SSSR count). The van der Waals surface area contributed by atoms with Gasteiger partial charge in [-0.15, -0.1) is 0 Å². The Balaban J connectivity index is 1.87. The van der Waals surface area contributed by atoms with Gasteiger partial charge in [0.25, 0.3) is 0 Å². The lowest BCUT2D eigenvalue weighted by Crippen LogP contribution is -2.50. The van der Waals surface area contributed by atoms with Crippen LogP contribution in [0.25, 0.3) is 0 Å². The average molecular weight is 290 g/mol. The molecule has 3 unspecified atom stereocenters. The highest BCUT2D eigenvalue weighted by molar-refractivity contribution is 7.91. The van der Waals surface area contributed by atoms with Crippen molar-refractivity contribution in [3.63, 3.8) is 0 Å². The molecule has 0 radical (unpaired) electrons. The fraction of sp³-hybridized carbons (Fsp3) is 0.917. The maximum atomic E-state index is 12.1. The standard InChI is InChI=1S/C12H22N2O4S/c1-9-7-14(4-2-11(9)15)12(16)6-10-8-19(17,18)5-3-13-10/h9-11,13,15H,2-8H2,1H3. The highest BCUT2D eigenvalue weighted by atomic mass is 32.2. The SMILES string of the molecule is CC1CN(C(=O)CC2CS(=O)(=O)CCN2)CCC1O. The molecule has 0 aliphatic carbocycles. The highest BCUT2D eigenvalue weighted by Crippen LogP contribution is 2.18. The van der Waals surface area contributed by atoms with E-state index in [0.29, 0.717) is 26.1 Å². The van der Waals surface area contributed by atoms with Gasteiger partial charge in [-0.25, -0.2) is 8.42 Å². The van der Waals surface area contributed by atoms with Crippen molar-refractivity contribution in [3.05, 3.63) is 0 Å². The van der Waals surface area contributed by atoms with E-state index < -0.39 is 9.84 Å². The van der Waals surface area contributed by atoms with Crippen molar-refractivity contribution in [2.75, 3.05) is 31.1 Å². The molecule has 2 aliphatic heterocycles. The van der Waals surface area contributed by atoms with Crippen LogP contribution in [0.1, 0.15) is 19.8 Å². The first-order chi connectivity index (χ1) is 8.87. The third kappa shape index (κ3) is 3.90. The molecule has 0 aromatic rings. The van der Waals surface area contributed by atoms with Crippen molar-refractivity contribution < 1.29 is 18.3 Å². The Morgan fingerprint density at radius 3 is 2.84 bits per heavy atom. The van der Waals surface area contributed by atoms with Gasteiger partial charge < -0.3 is 15.3 Å². The van der Waals surface area contributed by atoms with Gasteiger partial charge in [-0.05, 0) is 12.3 Å². The summed E-state index contributed by atoms with van der Waals surface area (Å²) in [6, 6.07) is -0.270. The van der Waals surface area contributed by atoms with Crippen molar-refractivity contribution in [2.45, 2.75) is 31.9 Å². The van der Waals surface area contributed by atoms with Crippen LogP contribution < -0.4 is 5.32 Å². The van der Waals surface area contributed by atoms with E-state index in [-0.39, 0.29) is 41.9 Å². The average Bonchev–Trinajstić information content (AvgIpc) is 2.31. The second-order valence-electron chi connectivity index (χ2n) is 5.64. The lowest BCUT2D eigenvalue weighted by Gasteiger charge is -2.35. The molecular weight excluding hydrogens is 268 g/mol. The van der Waals surface area contributed by atoms with E-state index in [9.17, 15) is 18.3 Å². The zero-order valence-corrected chi connectivity index (χ0v) is 12.0. The van der Waals surface area contributed by atoms with Gasteiger partial charge in [-0.2, -0.15) is 0 Å². The smallest absolute Gasteiger partial charge is 0.224 e. The molecular formula is C12H22N2O4S. The zero-order chi connectivity index (χ0) is 14.0. The maximum absolute atomic E-state index is 12.1. The highest BCUT2D eigenvalue weighted by Gasteiger charge is 2.31. The number of sulfone groups is 1. The minimum atomic E-state index is -3.00. The Morgan fingerprint density at radius 1 is 1.47 bits per heavy atom. The van der Waals surface area contributed by atoms with Gasteiger partial charge in [0.2, 0.25) is 5.91 Å². The zero-order valence-electron chi connectivity index (χ0n) is 11.2. The Labute approximate surface area is 114 Å². The summed E-state index contributed by atoms with van der Waals surface area (Å²) in [5, 5.41) is 12.7. The van der Waals surface area contributed by atoms with E-state index in [1.807, 2.05) is 6.92 Å². The van der Waals surface area contributed by atoms with Crippen LogP contribution >= 0.6 is 0 Å². The van der Waals surface area contributed by atoms with Gasteiger partial charge >= 0.3 is 0 Å². The van der Waals surface area contributed by atoms with Crippen LogP contribution in [0.2, 0.25) is 0 Å². The number of nitrogens with zero attached hydrogens (tertiary/aromatic N) is 1. The summed E-state index contributed by atoms with van der Waals surface area (Å²) < 4.78 is 23.0. The molecule has 19 heavy (non-hydrogen) atoms. The van der Waals surface area contributed by atoms with Gasteiger partial charge in [0.1, 0.15) is 0 Å². The predicted octanol–water partition coefficient (Wildman–Crippen LogP) is -1.01. The molecule has 1 amide bonds. The molecule has 0 aromatic carbocycles. The van der Waals surface area contributed by atoms with Gasteiger partial charge in [0.15, 0.2) is 9.84 Å². The van der Waals surface area contributed by atoms with Gasteiger partial charge in [0.05, 0.1) is 17.6 Å². The number of nitrogens with one attached hydrogen (secondary N) is 1. The number of aliphatic hydroxyl groups excluding tert-OH is 1. The molecule has 6 nitrogen and oxygen atoms in total. The van der Waals surface area contributed by atoms with Crippen molar-refractivity contribution in [2.24, 2.45) is 5.92 Å². The maximum Gasteiger partial charge on any atom is 0.224 e. The van der Waals surface area contributed by atoms with Crippen LogP contribution in [-0.2, 0) is 14.6 Å². The number of amides is 1. The number of piperidine rings is 1. The molecule has 2 fully saturated rings. The molecule has 2 saturated heterocycles. The Bertz CT molecular complexity index is 437. The molecule has 0 aromatic heterocycles. The molecule has 0 saturated carbocycles. The molecule has 0 spiro atoms. The van der Waals surface area contributed by atoms with E-state index in [1.165, 1.54) is 0 Å². The van der Waals surface area contributed by atoms with Crippen LogP contribution in [0.5, 0.6) is 0 Å². The second-order valence-corrected chi connectivity index (χ2v) is 7.87. The number of aliphatic hydroxyl groups is 1. The molecule has 3 atom stereocenters. The topological polar surface area (TPSA) is 86.7 Å². The summed E-state index contributed by atoms with van der Waals surface area (Å²) in [6.07, 6.45) is 0.489. The molecule has 110 valence electrons. The first-order valence-electron chi connectivity index (χ1n) is 6.77. The van der Waals surface area contributed by atoms with Crippen LogP contribution in [-0.4, -0.2) is 67.6 Å². The Hall–Kier alpha value is -0.660. The third-order valence-corrected chi connectivity index (χ3v) is 5.67. The van der Waals surface area contributed by atoms with Gasteiger partial charge in [0, 0.05) is 32.1 Å². The molecule has 7 heteroatoms. The van der Waals surface area contributed by atoms with Crippen LogP contribution in [0.4, 0.5) is 0 Å².